The van der Waals surface area contributed by atoms with Gasteiger partial charge in [-0.2, -0.15) is 0 Å². The van der Waals surface area contributed by atoms with Gasteiger partial charge in [-0.1, -0.05) is 12.8 Å². The number of benzene rings is 1. The molecule has 2 aliphatic heterocycles. The maximum atomic E-state index is 13.3. The highest BCUT2D eigenvalue weighted by Crippen LogP contribution is 2.34. The van der Waals surface area contributed by atoms with Crippen molar-refractivity contribution in [2.24, 2.45) is 0 Å². The first-order chi connectivity index (χ1) is 15.8. The second-order valence-corrected chi connectivity index (χ2v) is 9.96. The van der Waals surface area contributed by atoms with Gasteiger partial charge >= 0.3 is 0 Å². The van der Waals surface area contributed by atoms with Crippen molar-refractivity contribution in [3.05, 3.63) is 39.6 Å². The average Bonchev–Trinajstić information content (AvgIpc) is 3.22. The molecule has 5 rings (SSSR count). The van der Waals surface area contributed by atoms with Crippen LogP contribution in [0.15, 0.2) is 24.3 Å². The molecule has 3 heterocycles. The fraction of sp³-hybridized carbons (Fsp3) is 0.560. The van der Waals surface area contributed by atoms with Gasteiger partial charge in [0.1, 0.15) is 0 Å². The monoisotopic (exact) mass is 455 g/mol. The predicted octanol–water partition coefficient (Wildman–Crippen LogP) is 4.33. The smallest absolute Gasteiger partial charge is 0.265 e. The van der Waals surface area contributed by atoms with E-state index in [0.717, 1.165) is 68.5 Å². The summed E-state index contributed by atoms with van der Waals surface area (Å²) in [7, 11) is 0. The summed E-state index contributed by atoms with van der Waals surface area (Å²) >= 11 is 1.68. The number of thiophene rings is 1. The predicted molar refractivity (Wildman–Crippen MR) is 131 cm³/mol. The van der Waals surface area contributed by atoms with Gasteiger partial charge < -0.3 is 24.6 Å². The normalized spacial score (nSPS) is 19.8. The zero-order valence-corrected chi connectivity index (χ0v) is 19.6. The number of nitrogens with zero attached hydrogens (tertiary/aromatic N) is 2. The van der Waals surface area contributed by atoms with E-state index in [0.29, 0.717) is 13.2 Å². The van der Waals surface area contributed by atoms with E-state index >= 15 is 0 Å². The lowest BCUT2D eigenvalue weighted by molar-refractivity contribution is 0.103. The summed E-state index contributed by atoms with van der Waals surface area (Å²) in [6.07, 6.45) is 7.28. The fourth-order valence-corrected chi connectivity index (χ4v) is 6.00. The van der Waals surface area contributed by atoms with Gasteiger partial charge in [0.2, 0.25) is 0 Å². The van der Waals surface area contributed by atoms with E-state index < -0.39 is 0 Å². The summed E-state index contributed by atoms with van der Waals surface area (Å²) in [5.74, 6) is 0.00961. The highest BCUT2D eigenvalue weighted by atomic mass is 32.1. The summed E-state index contributed by atoms with van der Waals surface area (Å²) in [5, 5.41) is 3.24. The zero-order valence-electron chi connectivity index (χ0n) is 18.7. The van der Waals surface area contributed by atoms with Gasteiger partial charge in [-0.15, -0.1) is 11.3 Å². The molecule has 2 aromatic rings. The van der Waals surface area contributed by atoms with Crippen LogP contribution in [0.4, 0.5) is 17.1 Å². The van der Waals surface area contributed by atoms with Gasteiger partial charge in [0, 0.05) is 36.7 Å². The number of carbonyl (C=O) groups excluding carboxylic acids is 1. The topological polar surface area (TPSA) is 54.0 Å². The molecular weight excluding hydrogens is 422 g/mol. The Kier molecular flexibility index (Phi) is 6.95. The summed E-state index contributed by atoms with van der Waals surface area (Å²) in [6.45, 7) is 6.41. The molecule has 0 unspecified atom stereocenters. The van der Waals surface area contributed by atoms with Crippen molar-refractivity contribution in [2.75, 3.05) is 67.7 Å². The Hall–Kier alpha value is -2.09. The van der Waals surface area contributed by atoms with E-state index in [1.165, 1.54) is 41.8 Å². The second-order valence-electron chi connectivity index (χ2n) is 8.83. The molecule has 1 aliphatic carbocycles. The number of hydrogen-bond acceptors (Lipinski definition) is 6. The number of nitrogens with one attached hydrogen (secondary N) is 1. The van der Waals surface area contributed by atoms with E-state index in [2.05, 4.69) is 39.4 Å². The van der Waals surface area contributed by atoms with Gasteiger partial charge in [-0.05, 0) is 55.5 Å². The van der Waals surface area contributed by atoms with Crippen LogP contribution in [0.5, 0.6) is 0 Å². The van der Waals surface area contributed by atoms with Crippen LogP contribution < -0.4 is 15.1 Å². The molecule has 0 bridgehead atoms. The Bertz CT molecular complexity index is 907. The standard InChI is InChI=1S/C25H33N3O3S/c29-25(24-17-19-5-3-1-2-4-6-23(19)32-24)26-21-8-7-20(27-9-13-30-14-10-27)18-22(21)28-11-15-31-16-12-28/h7-8,17-18H,1-6,9-16H2,(H,26,29). The van der Waals surface area contributed by atoms with Gasteiger partial charge in [-0.3, -0.25) is 4.79 Å². The molecule has 32 heavy (non-hydrogen) atoms. The first kappa shape index (κ1) is 21.7. The minimum Gasteiger partial charge on any atom is -0.378 e. The molecule has 0 saturated carbocycles. The first-order valence-corrected chi connectivity index (χ1v) is 12.8. The van der Waals surface area contributed by atoms with E-state index in [1.807, 2.05) is 0 Å². The number of ether oxygens (including phenoxy) is 2. The lowest BCUT2D eigenvalue weighted by Crippen LogP contribution is -2.38. The molecule has 1 aromatic heterocycles. The number of carbonyl (C=O) groups is 1. The van der Waals surface area contributed by atoms with Crippen molar-refractivity contribution in [1.29, 1.82) is 0 Å². The maximum absolute atomic E-state index is 13.3. The van der Waals surface area contributed by atoms with Crippen molar-refractivity contribution in [1.82, 2.24) is 0 Å². The average molecular weight is 456 g/mol. The van der Waals surface area contributed by atoms with Crippen LogP contribution in [0.2, 0.25) is 0 Å². The van der Waals surface area contributed by atoms with Gasteiger partial charge in [0.15, 0.2) is 0 Å². The number of morpholine rings is 2. The Morgan fingerprint density at radius 2 is 1.53 bits per heavy atom. The Morgan fingerprint density at radius 3 is 2.28 bits per heavy atom. The van der Waals surface area contributed by atoms with Crippen LogP contribution >= 0.6 is 11.3 Å². The molecule has 1 aromatic carbocycles. The number of hydrogen-bond donors (Lipinski definition) is 1. The molecule has 0 radical (unpaired) electrons. The third-order valence-electron chi connectivity index (χ3n) is 6.68. The highest BCUT2D eigenvalue weighted by molar-refractivity contribution is 7.14. The quantitative estimate of drug-likeness (QED) is 0.744. The van der Waals surface area contributed by atoms with E-state index in [-0.39, 0.29) is 5.91 Å². The molecule has 2 saturated heterocycles. The molecule has 2 fully saturated rings. The van der Waals surface area contributed by atoms with Gasteiger partial charge in [0.25, 0.3) is 5.91 Å². The van der Waals surface area contributed by atoms with Crippen LogP contribution in [0.3, 0.4) is 0 Å². The summed E-state index contributed by atoms with van der Waals surface area (Å²) in [5.41, 5.74) is 4.54. The number of amides is 1. The summed E-state index contributed by atoms with van der Waals surface area (Å²) in [4.78, 5) is 20.2. The summed E-state index contributed by atoms with van der Waals surface area (Å²) < 4.78 is 11.1. The molecule has 1 N–H and O–H groups in total. The van der Waals surface area contributed by atoms with Crippen LogP contribution in [0.25, 0.3) is 0 Å². The van der Waals surface area contributed by atoms with E-state index in [4.69, 9.17) is 9.47 Å². The summed E-state index contributed by atoms with van der Waals surface area (Å²) in [6, 6.07) is 8.55. The van der Waals surface area contributed by atoms with Crippen molar-refractivity contribution >= 4 is 34.3 Å². The molecule has 0 atom stereocenters. The molecule has 1 amide bonds. The molecule has 6 nitrogen and oxygen atoms in total. The van der Waals surface area contributed by atoms with Crippen LogP contribution in [-0.4, -0.2) is 58.5 Å². The largest absolute Gasteiger partial charge is 0.378 e. The Balaban J connectivity index is 1.39. The molecule has 3 aliphatic rings. The number of fused-ring (bicyclic) bond motifs is 1. The zero-order chi connectivity index (χ0) is 21.8. The van der Waals surface area contributed by atoms with Crippen molar-refractivity contribution < 1.29 is 14.3 Å². The van der Waals surface area contributed by atoms with E-state index in [9.17, 15) is 4.79 Å². The molecule has 7 heteroatoms. The maximum Gasteiger partial charge on any atom is 0.265 e. The third-order valence-corrected chi connectivity index (χ3v) is 7.91. The van der Waals surface area contributed by atoms with Crippen LogP contribution in [-0.2, 0) is 22.3 Å². The fourth-order valence-electron chi connectivity index (χ4n) is 4.85. The number of rotatable bonds is 4. The lowest BCUT2D eigenvalue weighted by Gasteiger charge is -2.33. The highest BCUT2D eigenvalue weighted by Gasteiger charge is 2.21. The van der Waals surface area contributed by atoms with Gasteiger partial charge in [0.05, 0.1) is 42.7 Å². The van der Waals surface area contributed by atoms with Crippen molar-refractivity contribution in [3.8, 4) is 0 Å². The Morgan fingerprint density at radius 1 is 0.844 bits per heavy atom. The Labute approximate surface area is 194 Å². The first-order valence-electron chi connectivity index (χ1n) is 12.0. The molecule has 172 valence electrons. The number of anilines is 3. The van der Waals surface area contributed by atoms with Crippen molar-refractivity contribution in [3.63, 3.8) is 0 Å². The second kappa shape index (κ2) is 10.2. The molecular formula is C25H33N3O3S. The minimum atomic E-state index is 0.00961. The van der Waals surface area contributed by atoms with Crippen LogP contribution in [0, 0.1) is 0 Å². The van der Waals surface area contributed by atoms with Crippen molar-refractivity contribution in [2.45, 2.75) is 38.5 Å². The number of aryl methyl sites for hydroxylation is 2. The third kappa shape index (κ3) is 4.95. The van der Waals surface area contributed by atoms with Gasteiger partial charge in [-0.25, -0.2) is 0 Å². The SMILES string of the molecule is O=C(Nc1ccc(N2CCOCC2)cc1N1CCOCC1)c1cc2c(s1)CCCCCC2. The van der Waals surface area contributed by atoms with Crippen LogP contribution in [0.1, 0.15) is 45.8 Å². The lowest BCUT2D eigenvalue weighted by atomic mass is 10.00. The minimum absolute atomic E-state index is 0.00961. The molecule has 0 spiro atoms. The van der Waals surface area contributed by atoms with E-state index in [1.54, 1.807) is 11.3 Å².